The summed E-state index contributed by atoms with van der Waals surface area (Å²) in [5.41, 5.74) is 0.271. The van der Waals surface area contributed by atoms with Crippen LogP contribution >= 0.6 is 0 Å². The Hall–Kier alpha value is -2.44. The molecular weight excluding hydrogens is 264 g/mol. The van der Waals surface area contributed by atoms with Gasteiger partial charge in [0.15, 0.2) is 0 Å². The number of carbonyl (C=O) groups excluding carboxylic acids is 1. The minimum atomic E-state index is -0.912. The number of amides is 1. The zero-order chi connectivity index (χ0) is 15.1. The van der Waals surface area contributed by atoms with Gasteiger partial charge in [-0.1, -0.05) is 18.2 Å². The largest absolute Gasteiger partial charge is 0.481 e. The van der Waals surface area contributed by atoms with Gasteiger partial charge in [-0.25, -0.2) is 0 Å². The number of benzene rings is 1. The molecular formula is C13H16N2O5. The van der Waals surface area contributed by atoms with Crippen LogP contribution in [0.25, 0.3) is 0 Å². The summed E-state index contributed by atoms with van der Waals surface area (Å²) in [4.78, 5) is 34.0. The van der Waals surface area contributed by atoms with Gasteiger partial charge in [-0.3, -0.25) is 19.7 Å². The topological polar surface area (TPSA) is 101 Å². The number of nitrogens with zero attached hydrogens (tertiary/aromatic N) is 2. The average Bonchev–Trinajstić information content (AvgIpc) is 2.38. The van der Waals surface area contributed by atoms with Crippen molar-refractivity contribution in [1.29, 1.82) is 0 Å². The number of aliphatic carboxylic acids is 1. The normalized spacial score (nSPS) is 10.1. The molecule has 1 N–H and O–H groups in total. The van der Waals surface area contributed by atoms with Crippen LogP contribution in [-0.4, -0.2) is 40.4 Å². The Kier molecular flexibility index (Phi) is 5.64. The molecule has 0 atom stereocenters. The molecule has 1 amide bonds. The molecule has 20 heavy (non-hydrogen) atoms. The van der Waals surface area contributed by atoms with Crippen LogP contribution in [0.3, 0.4) is 0 Å². The maximum Gasteiger partial charge on any atom is 0.303 e. The Morgan fingerprint density at radius 1 is 1.35 bits per heavy atom. The van der Waals surface area contributed by atoms with Gasteiger partial charge in [0.1, 0.15) is 0 Å². The lowest BCUT2D eigenvalue weighted by molar-refractivity contribution is -0.385. The number of rotatable bonds is 7. The Morgan fingerprint density at radius 3 is 2.60 bits per heavy atom. The van der Waals surface area contributed by atoms with Crippen molar-refractivity contribution in [2.75, 3.05) is 13.6 Å². The zero-order valence-corrected chi connectivity index (χ0v) is 11.1. The first kappa shape index (κ1) is 15.6. The van der Waals surface area contributed by atoms with E-state index in [2.05, 4.69) is 0 Å². The second-order valence-electron chi connectivity index (χ2n) is 4.38. The average molecular weight is 280 g/mol. The SMILES string of the molecule is CN(CCCC(=O)O)C(=O)Cc1ccccc1[N+](=O)[O-]. The predicted molar refractivity (Wildman–Crippen MR) is 71.3 cm³/mol. The third-order valence-electron chi connectivity index (χ3n) is 2.84. The van der Waals surface area contributed by atoms with E-state index in [4.69, 9.17) is 5.11 Å². The molecule has 1 aromatic rings. The molecule has 0 heterocycles. The molecule has 0 saturated carbocycles. The molecule has 7 nitrogen and oxygen atoms in total. The first-order valence-corrected chi connectivity index (χ1v) is 6.10. The first-order chi connectivity index (χ1) is 9.41. The highest BCUT2D eigenvalue weighted by Crippen LogP contribution is 2.18. The molecule has 1 rings (SSSR count). The van der Waals surface area contributed by atoms with E-state index < -0.39 is 10.9 Å². The molecule has 1 aromatic carbocycles. The molecule has 7 heteroatoms. The van der Waals surface area contributed by atoms with E-state index in [0.717, 1.165) is 0 Å². The number of likely N-dealkylation sites (N-methyl/N-ethyl adjacent to an activating group) is 1. The molecule has 0 fully saturated rings. The van der Waals surface area contributed by atoms with Crippen LogP contribution in [0.2, 0.25) is 0 Å². The molecule has 0 bridgehead atoms. The molecule has 0 radical (unpaired) electrons. The summed E-state index contributed by atoms with van der Waals surface area (Å²) in [6.45, 7) is 0.311. The van der Waals surface area contributed by atoms with Crippen LogP contribution in [0.15, 0.2) is 24.3 Å². The number of nitro groups is 1. The van der Waals surface area contributed by atoms with Gasteiger partial charge >= 0.3 is 5.97 Å². The van der Waals surface area contributed by atoms with Crippen LogP contribution in [0, 0.1) is 10.1 Å². The molecule has 0 unspecified atom stereocenters. The summed E-state index contributed by atoms with van der Waals surface area (Å²) in [7, 11) is 1.55. The van der Waals surface area contributed by atoms with Gasteiger partial charge in [0.05, 0.1) is 11.3 Å². The standard InChI is InChI=1S/C13H16N2O5/c1-14(8-4-7-13(17)18)12(16)9-10-5-2-3-6-11(10)15(19)20/h2-3,5-6H,4,7-9H2,1H3,(H,17,18). The minimum absolute atomic E-state index is 0.0108. The van der Waals surface area contributed by atoms with E-state index in [1.807, 2.05) is 0 Å². The van der Waals surface area contributed by atoms with Crippen molar-refractivity contribution in [3.05, 3.63) is 39.9 Å². The van der Waals surface area contributed by atoms with Crippen LogP contribution in [0.4, 0.5) is 5.69 Å². The summed E-state index contributed by atoms with van der Waals surface area (Å²) in [6.07, 6.45) is 0.276. The van der Waals surface area contributed by atoms with E-state index in [1.165, 1.54) is 11.0 Å². The highest BCUT2D eigenvalue weighted by Gasteiger charge is 2.17. The van der Waals surface area contributed by atoms with E-state index in [0.29, 0.717) is 18.5 Å². The lowest BCUT2D eigenvalue weighted by Gasteiger charge is -2.16. The zero-order valence-electron chi connectivity index (χ0n) is 11.1. The van der Waals surface area contributed by atoms with Gasteiger partial charge in [0, 0.05) is 31.6 Å². The number of carboxylic acids is 1. The smallest absolute Gasteiger partial charge is 0.303 e. The Morgan fingerprint density at radius 2 is 2.00 bits per heavy atom. The number of carboxylic acid groups (broad SMARTS) is 1. The van der Waals surface area contributed by atoms with E-state index >= 15 is 0 Å². The lowest BCUT2D eigenvalue weighted by atomic mass is 10.1. The van der Waals surface area contributed by atoms with Crippen LogP contribution in [0.1, 0.15) is 18.4 Å². The second kappa shape index (κ2) is 7.22. The Balaban J connectivity index is 2.62. The third kappa shape index (κ3) is 4.68. The molecule has 0 saturated heterocycles. The summed E-state index contributed by atoms with van der Waals surface area (Å²) < 4.78 is 0. The Bertz CT molecular complexity index is 515. The minimum Gasteiger partial charge on any atom is -0.481 e. The summed E-state index contributed by atoms with van der Waals surface area (Å²) in [5, 5.41) is 19.4. The van der Waals surface area contributed by atoms with Gasteiger partial charge < -0.3 is 10.0 Å². The van der Waals surface area contributed by atoms with Crippen LogP contribution < -0.4 is 0 Å². The summed E-state index contributed by atoms with van der Waals surface area (Å²) >= 11 is 0. The fraction of sp³-hybridized carbons (Fsp3) is 0.385. The third-order valence-corrected chi connectivity index (χ3v) is 2.84. The first-order valence-electron chi connectivity index (χ1n) is 6.10. The fourth-order valence-electron chi connectivity index (χ4n) is 1.73. The molecule has 108 valence electrons. The molecule has 0 aliphatic carbocycles. The monoisotopic (exact) mass is 280 g/mol. The van der Waals surface area contributed by atoms with Gasteiger partial charge in [-0.05, 0) is 6.42 Å². The molecule has 0 aliphatic heterocycles. The summed E-state index contributed by atoms with van der Waals surface area (Å²) in [5.74, 6) is -1.19. The van der Waals surface area contributed by atoms with Crippen molar-refractivity contribution in [2.45, 2.75) is 19.3 Å². The van der Waals surface area contributed by atoms with Crippen molar-refractivity contribution in [3.63, 3.8) is 0 Å². The van der Waals surface area contributed by atoms with Crippen molar-refractivity contribution in [2.24, 2.45) is 0 Å². The van der Waals surface area contributed by atoms with Crippen LogP contribution in [-0.2, 0) is 16.0 Å². The maximum atomic E-state index is 11.9. The number of nitro benzene ring substituents is 1. The van der Waals surface area contributed by atoms with Crippen molar-refractivity contribution >= 4 is 17.6 Å². The molecule has 0 aliphatic rings. The number of hydrogen-bond donors (Lipinski definition) is 1. The second-order valence-corrected chi connectivity index (χ2v) is 4.38. The van der Waals surface area contributed by atoms with Crippen LogP contribution in [0.5, 0.6) is 0 Å². The summed E-state index contributed by atoms with van der Waals surface area (Å²) in [6, 6.07) is 6.08. The fourth-order valence-corrected chi connectivity index (χ4v) is 1.73. The van der Waals surface area contributed by atoms with Crippen molar-refractivity contribution < 1.29 is 19.6 Å². The van der Waals surface area contributed by atoms with Crippen molar-refractivity contribution in [1.82, 2.24) is 4.90 Å². The highest BCUT2D eigenvalue weighted by atomic mass is 16.6. The van der Waals surface area contributed by atoms with Crippen molar-refractivity contribution in [3.8, 4) is 0 Å². The van der Waals surface area contributed by atoms with Gasteiger partial charge in [0.25, 0.3) is 5.69 Å². The molecule has 0 spiro atoms. The van der Waals surface area contributed by atoms with Gasteiger partial charge in [0.2, 0.25) is 5.91 Å². The Labute approximate surface area is 116 Å². The van der Waals surface area contributed by atoms with E-state index in [-0.39, 0.29) is 24.4 Å². The number of hydrogen-bond acceptors (Lipinski definition) is 4. The van der Waals surface area contributed by atoms with Gasteiger partial charge in [-0.15, -0.1) is 0 Å². The quantitative estimate of drug-likeness (QED) is 0.602. The maximum absolute atomic E-state index is 11.9. The number of carbonyl (C=O) groups is 2. The van der Waals surface area contributed by atoms with E-state index in [1.54, 1.807) is 25.2 Å². The highest BCUT2D eigenvalue weighted by molar-refractivity contribution is 5.79. The predicted octanol–water partition coefficient (Wildman–Crippen LogP) is 1.46. The lowest BCUT2D eigenvalue weighted by Crippen LogP contribution is -2.29. The number of para-hydroxylation sites is 1. The molecule has 0 aromatic heterocycles. The van der Waals surface area contributed by atoms with E-state index in [9.17, 15) is 19.7 Å². The van der Waals surface area contributed by atoms with Gasteiger partial charge in [-0.2, -0.15) is 0 Å².